The molecule has 3 rings (SSSR count). The van der Waals surface area contributed by atoms with Gasteiger partial charge in [0.15, 0.2) is 0 Å². The Balaban J connectivity index is 0.000000412. The standard InChI is InChI=1S/C22H32O2.C5H12N2/c1-6-7-8-9-17-13-20(23)21(22(24)16(17)5)19-12-15(4)10-11-18(19)14(2)3;1-7-4-2-6-3-5-7/h12-13,18-19,23-24H,2,6-11H2,1,3-5H3;6H,2-5H2,1H3/p+1/t18-,19+;/m0./s1. The highest BCUT2D eigenvalue weighted by atomic mass is 16.3. The lowest BCUT2D eigenvalue weighted by Gasteiger charge is -2.32. The summed E-state index contributed by atoms with van der Waals surface area (Å²) in [6.07, 6.45) is 8.62. The summed E-state index contributed by atoms with van der Waals surface area (Å²) in [4.78, 5) is 1.65. The van der Waals surface area contributed by atoms with E-state index in [2.05, 4.69) is 38.9 Å². The van der Waals surface area contributed by atoms with Crippen LogP contribution in [0.15, 0.2) is 29.9 Å². The number of unbranched alkanes of at least 4 members (excludes halogenated alkanes) is 2. The van der Waals surface area contributed by atoms with Crippen LogP contribution in [0.2, 0.25) is 0 Å². The van der Waals surface area contributed by atoms with Gasteiger partial charge < -0.3 is 20.4 Å². The number of aryl methyl sites for hydroxylation is 1. The normalized spacial score (nSPS) is 21.8. The first-order valence-electron chi connectivity index (χ1n) is 12.1. The first-order chi connectivity index (χ1) is 14.8. The molecule has 2 aliphatic rings. The second-order valence-electron chi connectivity index (χ2n) is 9.64. The summed E-state index contributed by atoms with van der Waals surface area (Å²) in [5.74, 6) is 0.783. The van der Waals surface area contributed by atoms with Gasteiger partial charge in [-0.15, -0.1) is 0 Å². The maximum absolute atomic E-state index is 10.8. The fourth-order valence-electron chi connectivity index (χ4n) is 4.74. The van der Waals surface area contributed by atoms with Crippen molar-refractivity contribution in [1.29, 1.82) is 0 Å². The summed E-state index contributed by atoms with van der Waals surface area (Å²) in [5, 5.41) is 24.8. The van der Waals surface area contributed by atoms with Gasteiger partial charge in [0.05, 0.1) is 20.1 Å². The Hall–Kier alpha value is -1.78. The number of likely N-dealkylation sites (N-methyl/N-ethyl adjacent to an activating group) is 1. The third kappa shape index (κ3) is 7.11. The SMILES string of the molecule is C=C(C)[C@@H]1CCC(C)=C[C@H]1c1c(O)cc(CCCCC)c(C)c1O.C[NH+]1CCNCC1. The van der Waals surface area contributed by atoms with Crippen molar-refractivity contribution in [3.63, 3.8) is 0 Å². The van der Waals surface area contributed by atoms with Crippen molar-refractivity contribution in [3.05, 3.63) is 46.6 Å². The van der Waals surface area contributed by atoms with E-state index < -0.39 is 0 Å². The number of piperazine rings is 1. The van der Waals surface area contributed by atoms with E-state index in [0.29, 0.717) is 5.56 Å². The Morgan fingerprint density at radius 2 is 1.87 bits per heavy atom. The summed E-state index contributed by atoms with van der Waals surface area (Å²) in [7, 11) is 2.24. The highest BCUT2D eigenvalue weighted by Crippen LogP contribution is 2.47. The molecule has 4 N–H and O–H groups in total. The highest BCUT2D eigenvalue weighted by molar-refractivity contribution is 5.56. The van der Waals surface area contributed by atoms with Gasteiger partial charge in [0.2, 0.25) is 0 Å². The number of phenols is 2. The largest absolute Gasteiger partial charge is 0.507 e. The maximum atomic E-state index is 10.8. The van der Waals surface area contributed by atoms with Crippen LogP contribution in [-0.4, -0.2) is 43.4 Å². The Kier molecular flexibility index (Phi) is 10.1. The van der Waals surface area contributed by atoms with Crippen LogP contribution in [0.3, 0.4) is 0 Å². The molecule has 0 bridgehead atoms. The summed E-state index contributed by atoms with van der Waals surface area (Å²) in [5.41, 5.74) is 5.09. The predicted molar refractivity (Wildman–Crippen MR) is 131 cm³/mol. The smallest absolute Gasteiger partial charge is 0.126 e. The fraction of sp³-hybridized carbons (Fsp3) is 0.630. The van der Waals surface area contributed by atoms with Gasteiger partial charge in [-0.3, -0.25) is 0 Å². The molecule has 1 aromatic carbocycles. The van der Waals surface area contributed by atoms with Gasteiger partial charge in [-0.05, 0) is 69.6 Å². The topological polar surface area (TPSA) is 56.9 Å². The molecule has 1 aromatic rings. The van der Waals surface area contributed by atoms with E-state index >= 15 is 0 Å². The number of rotatable bonds is 6. The van der Waals surface area contributed by atoms with E-state index in [0.717, 1.165) is 42.4 Å². The molecule has 1 fully saturated rings. The molecule has 0 saturated carbocycles. The molecule has 31 heavy (non-hydrogen) atoms. The Bertz CT molecular complexity index is 763. The van der Waals surface area contributed by atoms with Crippen LogP contribution in [0.25, 0.3) is 0 Å². The van der Waals surface area contributed by atoms with Crippen molar-refractivity contribution in [1.82, 2.24) is 5.32 Å². The van der Waals surface area contributed by atoms with E-state index in [1.54, 1.807) is 4.90 Å². The van der Waals surface area contributed by atoms with E-state index in [1.165, 1.54) is 44.6 Å². The molecule has 4 heteroatoms. The third-order valence-electron chi connectivity index (χ3n) is 6.90. The molecule has 174 valence electrons. The molecule has 1 heterocycles. The molecular formula is C27H45N2O2+. The number of phenolic OH excluding ortho intramolecular Hbond substituents is 2. The molecule has 4 nitrogen and oxygen atoms in total. The van der Waals surface area contributed by atoms with Crippen LogP contribution >= 0.6 is 0 Å². The highest BCUT2D eigenvalue weighted by Gasteiger charge is 2.31. The lowest BCUT2D eigenvalue weighted by atomic mass is 9.73. The van der Waals surface area contributed by atoms with Gasteiger partial charge in [-0.25, -0.2) is 0 Å². The molecule has 0 unspecified atom stereocenters. The summed E-state index contributed by atoms with van der Waals surface area (Å²) in [6.45, 7) is 17.4. The van der Waals surface area contributed by atoms with Gasteiger partial charge in [-0.2, -0.15) is 0 Å². The number of nitrogens with one attached hydrogen (secondary N) is 2. The van der Waals surface area contributed by atoms with Crippen LogP contribution in [-0.2, 0) is 6.42 Å². The van der Waals surface area contributed by atoms with Crippen molar-refractivity contribution >= 4 is 0 Å². The average molecular weight is 430 g/mol. The Labute approximate surface area is 190 Å². The number of quaternary nitrogens is 1. The molecule has 2 atom stereocenters. The summed E-state index contributed by atoms with van der Waals surface area (Å²) < 4.78 is 0. The summed E-state index contributed by atoms with van der Waals surface area (Å²) >= 11 is 0. The molecular weight excluding hydrogens is 384 g/mol. The van der Waals surface area contributed by atoms with Crippen molar-refractivity contribution in [3.8, 4) is 11.5 Å². The average Bonchev–Trinajstić information content (AvgIpc) is 2.73. The first-order valence-corrected chi connectivity index (χ1v) is 12.1. The number of aromatic hydroxyl groups is 2. The zero-order chi connectivity index (χ0) is 23.0. The third-order valence-corrected chi connectivity index (χ3v) is 6.90. The number of hydrogen-bond donors (Lipinski definition) is 4. The van der Waals surface area contributed by atoms with E-state index in [4.69, 9.17) is 0 Å². The number of benzene rings is 1. The van der Waals surface area contributed by atoms with E-state index in [9.17, 15) is 10.2 Å². The zero-order valence-electron chi connectivity index (χ0n) is 20.5. The maximum Gasteiger partial charge on any atom is 0.126 e. The minimum atomic E-state index is 0.0136. The minimum Gasteiger partial charge on any atom is -0.507 e. The van der Waals surface area contributed by atoms with E-state index in [1.807, 2.05) is 19.9 Å². The molecule has 1 aliphatic carbocycles. The second kappa shape index (κ2) is 12.3. The Morgan fingerprint density at radius 1 is 1.19 bits per heavy atom. The van der Waals surface area contributed by atoms with Gasteiger partial charge in [0.25, 0.3) is 0 Å². The van der Waals surface area contributed by atoms with Crippen LogP contribution in [0, 0.1) is 12.8 Å². The molecule has 0 amide bonds. The van der Waals surface area contributed by atoms with Gasteiger partial charge in [0.1, 0.15) is 11.5 Å². The van der Waals surface area contributed by atoms with Crippen LogP contribution in [0.1, 0.15) is 75.5 Å². The van der Waals surface area contributed by atoms with Crippen molar-refractivity contribution in [2.24, 2.45) is 5.92 Å². The van der Waals surface area contributed by atoms with Gasteiger partial charge >= 0.3 is 0 Å². The monoisotopic (exact) mass is 429 g/mol. The fourth-order valence-corrected chi connectivity index (χ4v) is 4.74. The Morgan fingerprint density at radius 3 is 2.42 bits per heavy atom. The lowest BCUT2D eigenvalue weighted by molar-refractivity contribution is -0.881. The minimum absolute atomic E-state index is 0.0136. The predicted octanol–water partition coefficient (Wildman–Crippen LogP) is 4.26. The van der Waals surface area contributed by atoms with Crippen LogP contribution < -0.4 is 10.2 Å². The molecule has 1 aliphatic heterocycles. The number of allylic oxidation sites excluding steroid dienone is 3. The molecule has 1 saturated heterocycles. The quantitative estimate of drug-likeness (QED) is 0.404. The number of hydrogen-bond acceptors (Lipinski definition) is 3. The van der Waals surface area contributed by atoms with E-state index in [-0.39, 0.29) is 23.3 Å². The van der Waals surface area contributed by atoms with Crippen molar-refractivity contribution < 1.29 is 15.1 Å². The van der Waals surface area contributed by atoms with Gasteiger partial charge in [-0.1, -0.05) is 43.6 Å². The van der Waals surface area contributed by atoms with Crippen LogP contribution in [0.5, 0.6) is 11.5 Å². The second-order valence-corrected chi connectivity index (χ2v) is 9.64. The van der Waals surface area contributed by atoms with Crippen molar-refractivity contribution in [2.45, 2.75) is 72.1 Å². The lowest BCUT2D eigenvalue weighted by Crippen LogP contribution is -3.12. The summed E-state index contributed by atoms with van der Waals surface area (Å²) in [6, 6.07) is 1.87. The molecule has 0 spiro atoms. The molecule has 0 aromatic heterocycles. The van der Waals surface area contributed by atoms with Crippen molar-refractivity contribution in [2.75, 3.05) is 33.2 Å². The zero-order valence-corrected chi connectivity index (χ0v) is 20.5. The van der Waals surface area contributed by atoms with Gasteiger partial charge in [0, 0.05) is 24.6 Å². The first kappa shape index (κ1) is 25.5. The van der Waals surface area contributed by atoms with Crippen LogP contribution in [0.4, 0.5) is 0 Å². The molecule has 0 radical (unpaired) electrons.